The minimum Gasteiger partial charge on any atom is -0.354 e. The van der Waals surface area contributed by atoms with Gasteiger partial charge in [0.25, 0.3) is 0 Å². The Morgan fingerprint density at radius 1 is 1.42 bits per heavy atom. The van der Waals surface area contributed by atoms with Crippen LogP contribution in [0, 0.1) is 5.41 Å². The van der Waals surface area contributed by atoms with Crippen LogP contribution in [-0.4, -0.2) is 11.9 Å². The molecule has 0 saturated heterocycles. The molecule has 0 fully saturated rings. The fourth-order valence-corrected chi connectivity index (χ4v) is 1.31. The lowest BCUT2D eigenvalue weighted by molar-refractivity contribution is 0.349. The summed E-state index contributed by atoms with van der Waals surface area (Å²) >= 11 is 0. The van der Waals surface area contributed by atoms with E-state index in [0.29, 0.717) is 0 Å². The Hall–Kier alpha value is -0.980. The molecule has 1 heterocycles. The van der Waals surface area contributed by atoms with Gasteiger partial charge in [0.2, 0.25) is 0 Å². The first-order valence-corrected chi connectivity index (χ1v) is 4.29. The van der Waals surface area contributed by atoms with Crippen LogP contribution in [0.4, 0.5) is 0 Å². The molecule has 1 aliphatic rings. The molecular weight excluding hydrogens is 146 g/mol. The van der Waals surface area contributed by atoms with E-state index < -0.39 is 0 Å². The summed E-state index contributed by atoms with van der Waals surface area (Å²) < 4.78 is 0. The second-order valence-electron chi connectivity index (χ2n) is 3.92. The van der Waals surface area contributed by atoms with Crippen molar-refractivity contribution in [1.82, 2.24) is 4.90 Å². The zero-order chi connectivity index (χ0) is 9.19. The van der Waals surface area contributed by atoms with Crippen LogP contribution >= 0.6 is 0 Å². The maximum Gasteiger partial charge on any atom is 0.0158 e. The lowest BCUT2D eigenvalue weighted by Gasteiger charge is -2.32. The largest absolute Gasteiger partial charge is 0.354 e. The number of rotatable bonds is 0. The Balaban J connectivity index is 2.90. The van der Waals surface area contributed by atoms with E-state index in [4.69, 9.17) is 0 Å². The van der Waals surface area contributed by atoms with Crippen LogP contribution in [0.1, 0.15) is 20.3 Å². The SMILES string of the molecule is C=C1N(C)C=C/C=C\CC1(C)C. The van der Waals surface area contributed by atoms with Crippen molar-refractivity contribution >= 4 is 0 Å². The average Bonchev–Trinajstić information content (AvgIpc) is 2.00. The van der Waals surface area contributed by atoms with Gasteiger partial charge in [-0.3, -0.25) is 0 Å². The van der Waals surface area contributed by atoms with Crippen molar-refractivity contribution in [2.24, 2.45) is 5.41 Å². The predicted octanol–water partition coefficient (Wildman–Crippen LogP) is 2.93. The summed E-state index contributed by atoms with van der Waals surface area (Å²) in [4.78, 5) is 2.09. The Bertz CT molecular complexity index is 233. The van der Waals surface area contributed by atoms with Gasteiger partial charge >= 0.3 is 0 Å². The van der Waals surface area contributed by atoms with Crippen molar-refractivity contribution in [2.75, 3.05) is 7.05 Å². The molecule has 0 bridgehead atoms. The first kappa shape index (κ1) is 9.11. The molecule has 1 rings (SSSR count). The van der Waals surface area contributed by atoms with Crippen LogP contribution < -0.4 is 0 Å². The summed E-state index contributed by atoms with van der Waals surface area (Å²) in [5, 5.41) is 0. The van der Waals surface area contributed by atoms with Crippen molar-refractivity contribution in [2.45, 2.75) is 20.3 Å². The monoisotopic (exact) mass is 163 g/mol. The topological polar surface area (TPSA) is 3.24 Å². The third kappa shape index (κ3) is 1.79. The minimum atomic E-state index is 0.177. The lowest BCUT2D eigenvalue weighted by Crippen LogP contribution is -2.24. The molecule has 12 heavy (non-hydrogen) atoms. The Morgan fingerprint density at radius 2 is 2.08 bits per heavy atom. The zero-order valence-corrected chi connectivity index (χ0v) is 8.17. The Labute approximate surface area is 75.1 Å². The van der Waals surface area contributed by atoms with Gasteiger partial charge in [-0.15, -0.1) is 0 Å². The second kappa shape index (κ2) is 3.18. The highest BCUT2D eigenvalue weighted by Crippen LogP contribution is 2.32. The van der Waals surface area contributed by atoms with Crippen LogP contribution in [0.15, 0.2) is 36.7 Å². The number of nitrogens with zero attached hydrogens (tertiary/aromatic N) is 1. The molecule has 0 aromatic heterocycles. The van der Waals surface area contributed by atoms with Gasteiger partial charge in [0.1, 0.15) is 0 Å². The average molecular weight is 163 g/mol. The quantitative estimate of drug-likeness (QED) is 0.530. The van der Waals surface area contributed by atoms with Crippen LogP contribution in [0.2, 0.25) is 0 Å². The van der Waals surface area contributed by atoms with Gasteiger partial charge in [-0.1, -0.05) is 32.6 Å². The molecule has 1 nitrogen and oxygen atoms in total. The summed E-state index contributed by atoms with van der Waals surface area (Å²) in [7, 11) is 2.04. The molecule has 0 spiro atoms. The summed E-state index contributed by atoms with van der Waals surface area (Å²) in [6.45, 7) is 8.53. The highest BCUT2D eigenvalue weighted by Gasteiger charge is 2.22. The van der Waals surface area contributed by atoms with Crippen LogP contribution in [-0.2, 0) is 0 Å². The van der Waals surface area contributed by atoms with E-state index in [1.807, 2.05) is 19.3 Å². The molecule has 1 heteroatoms. The van der Waals surface area contributed by atoms with Gasteiger partial charge in [0, 0.05) is 24.4 Å². The molecule has 0 aliphatic carbocycles. The Kier molecular flexibility index (Phi) is 2.41. The van der Waals surface area contributed by atoms with Gasteiger partial charge in [0.05, 0.1) is 0 Å². The van der Waals surface area contributed by atoms with Crippen LogP contribution in [0.5, 0.6) is 0 Å². The van der Waals surface area contributed by atoms with E-state index >= 15 is 0 Å². The fourth-order valence-electron chi connectivity index (χ4n) is 1.31. The molecule has 0 atom stereocenters. The third-order valence-electron chi connectivity index (χ3n) is 2.39. The highest BCUT2D eigenvalue weighted by molar-refractivity contribution is 5.16. The molecule has 0 amide bonds. The van der Waals surface area contributed by atoms with Crippen molar-refractivity contribution in [1.29, 1.82) is 0 Å². The fraction of sp³-hybridized carbons (Fsp3) is 0.455. The van der Waals surface area contributed by atoms with Gasteiger partial charge < -0.3 is 4.90 Å². The van der Waals surface area contributed by atoms with Gasteiger partial charge in [0.15, 0.2) is 0 Å². The molecule has 0 N–H and O–H groups in total. The van der Waals surface area contributed by atoms with Gasteiger partial charge in [-0.05, 0) is 12.5 Å². The first-order chi connectivity index (χ1) is 5.54. The standard InChI is InChI=1S/C11H17N/c1-10-11(2,3)8-6-5-7-9-12(10)4/h5-7,9H,1,8H2,2-4H3/b6-5-,9-7?. The maximum absolute atomic E-state index is 4.09. The zero-order valence-electron chi connectivity index (χ0n) is 8.17. The number of allylic oxidation sites excluding steroid dienone is 4. The lowest BCUT2D eigenvalue weighted by atomic mass is 9.85. The molecule has 0 aromatic rings. The van der Waals surface area contributed by atoms with E-state index in [-0.39, 0.29) is 5.41 Å². The van der Waals surface area contributed by atoms with Crippen molar-refractivity contribution in [3.63, 3.8) is 0 Å². The summed E-state index contributed by atoms with van der Waals surface area (Å²) in [6, 6.07) is 0. The van der Waals surface area contributed by atoms with Crippen LogP contribution in [0.3, 0.4) is 0 Å². The normalized spacial score (nSPS) is 24.9. The molecule has 66 valence electrons. The van der Waals surface area contributed by atoms with Crippen molar-refractivity contribution in [3.05, 3.63) is 36.7 Å². The second-order valence-corrected chi connectivity index (χ2v) is 3.92. The highest BCUT2D eigenvalue weighted by atomic mass is 15.1. The molecule has 1 aliphatic heterocycles. The van der Waals surface area contributed by atoms with Crippen LogP contribution in [0.25, 0.3) is 0 Å². The number of hydrogen-bond acceptors (Lipinski definition) is 1. The molecular formula is C11H17N. The number of hydrogen-bond donors (Lipinski definition) is 0. The summed E-state index contributed by atoms with van der Waals surface area (Å²) in [5.41, 5.74) is 1.35. The molecule has 0 radical (unpaired) electrons. The maximum atomic E-state index is 4.09. The van der Waals surface area contributed by atoms with Gasteiger partial charge in [-0.2, -0.15) is 0 Å². The molecule has 0 aromatic carbocycles. The smallest absolute Gasteiger partial charge is 0.0158 e. The van der Waals surface area contributed by atoms with E-state index in [1.54, 1.807) is 0 Å². The predicted molar refractivity (Wildman–Crippen MR) is 53.6 cm³/mol. The van der Waals surface area contributed by atoms with E-state index in [0.717, 1.165) is 6.42 Å². The third-order valence-corrected chi connectivity index (χ3v) is 2.39. The molecule has 0 unspecified atom stereocenters. The Morgan fingerprint density at radius 3 is 2.75 bits per heavy atom. The van der Waals surface area contributed by atoms with E-state index in [9.17, 15) is 0 Å². The summed E-state index contributed by atoms with van der Waals surface area (Å²) in [6.07, 6.45) is 9.42. The van der Waals surface area contributed by atoms with Crippen molar-refractivity contribution < 1.29 is 0 Å². The minimum absolute atomic E-state index is 0.177. The first-order valence-electron chi connectivity index (χ1n) is 4.29. The van der Waals surface area contributed by atoms with E-state index in [1.165, 1.54) is 5.70 Å². The van der Waals surface area contributed by atoms with Crippen molar-refractivity contribution in [3.8, 4) is 0 Å². The molecule has 0 saturated carbocycles. The summed E-state index contributed by atoms with van der Waals surface area (Å²) in [5.74, 6) is 0. The van der Waals surface area contributed by atoms with E-state index in [2.05, 4.69) is 37.5 Å². The van der Waals surface area contributed by atoms with Gasteiger partial charge in [-0.25, -0.2) is 0 Å².